The number of carbonyl (C=O) groups is 4. The van der Waals surface area contributed by atoms with Crippen molar-refractivity contribution in [1.82, 2.24) is 0 Å². The second-order valence-corrected chi connectivity index (χ2v) is 5.68. The molecule has 0 spiro atoms. The van der Waals surface area contributed by atoms with Crippen LogP contribution in [-0.4, -0.2) is 72.7 Å². The number of carboxylic acid groups (broad SMARTS) is 5. The molecule has 0 amide bonds. The van der Waals surface area contributed by atoms with Crippen LogP contribution in [0.15, 0.2) is 0 Å². The molecule has 0 radical (unpaired) electrons. The molecule has 18 heteroatoms. The molecule has 0 aliphatic carbocycles. The van der Waals surface area contributed by atoms with E-state index >= 15 is 0 Å². The van der Waals surface area contributed by atoms with Crippen molar-refractivity contribution in [1.29, 1.82) is 0 Å². The van der Waals surface area contributed by atoms with Gasteiger partial charge in [0, 0.05) is 0 Å². The number of hydrogen-bond donors (Lipinski definition) is 6. The smallest absolute Gasteiger partial charge is 0.760 e. The summed E-state index contributed by atoms with van der Waals surface area (Å²) in [6.45, 7) is 0. The van der Waals surface area contributed by atoms with Crippen LogP contribution in [0.25, 0.3) is 0 Å². The van der Waals surface area contributed by atoms with Crippen molar-refractivity contribution in [3.05, 3.63) is 0 Å². The van der Waals surface area contributed by atoms with Gasteiger partial charge in [0.05, 0.1) is 23.0 Å². The Balaban J connectivity index is -0.0000000937. The van der Waals surface area contributed by atoms with Crippen LogP contribution in [0.5, 0.6) is 0 Å². The van der Waals surface area contributed by atoms with Crippen LogP contribution in [0.2, 0.25) is 0 Å². The minimum Gasteiger partial charge on any atom is -0.760 e. The summed E-state index contributed by atoms with van der Waals surface area (Å²) in [5, 5.41) is 49.1. The predicted molar refractivity (Wildman–Crippen MR) is 64.8 cm³/mol. The third-order valence-corrected chi connectivity index (χ3v) is 2.33. The first-order valence-corrected chi connectivity index (χ1v) is 7.35. The average Bonchev–Trinajstić information content (AvgIpc) is 2.25. The van der Waals surface area contributed by atoms with E-state index < -0.39 is 62.7 Å². The number of aliphatic hydroxyl groups is 1. The summed E-state index contributed by atoms with van der Waals surface area (Å²) in [5.74, 6) is -5.02. The summed E-state index contributed by atoms with van der Waals surface area (Å²) in [6, 6.07) is 0. The molecular weight excluding hydrogens is 418 g/mol. The number of rotatable bonds is 6. The van der Waals surface area contributed by atoms with E-state index in [1.807, 2.05) is 0 Å². The van der Waals surface area contributed by atoms with E-state index in [0.29, 0.717) is 0 Å². The van der Waals surface area contributed by atoms with Crippen LogP contribution >= 0.6 is 0 Å². The normalized spacial score (nSPS) is 11.3. The van der Waals surface area contributed by atoms with Crippen LogP contribution in [0.3, 0.4) is 0 Å². The summed E-state index contributed by atoms with van der Waals surface area (Å²) in [6.07, 6.45) is -4.37. The number of hydrogen-bond acceptors (Lipinski definition) is 9. The maximum Gasteiger partial charge on any atom is 1.00 e. The Hall–Kier alpha value is -0.140. The summed E-state index contributed by atoms with van der Waals surface area (Å²) in [5.41, 5.74) is -2.74. The summed E-state index contributed by atoms with van der Waals surface area (Å²) < 4.78 is 35.0. The number of carboxylic acids is 3. The van der Waals surface area contributed by atoms with Gasteiger partial charge in [0.2, 0.25) is 16.3 Å². The van der Waals surface area contributed by atoms with Crippen LogP contribution in [-0.2, 0) is 34.6 Å². The van der Waals surface area contributed by atoms with Gasteiger partial charge in [-0.1, -0.05) is 0 Å². The summed E-state index contributed by atoms with van der Waals surface area (Å²) in [7, 11) is -5.54. The van der Waals surface area contributed by atoms with E-state index in [-0.39, 0.29) is 59.1 Å². The monoisotopic (exact) mass is 428 g/mol. The molecule has 0 bridgehead atoms. The first kappa shape index (κ1) is 35.9. The van der Waals surface area contributed by atoms with Gasteiger partial charge >= 0.3 is 77.0 Å². The molecule has 0 aliphatic rings. The Labute approximate surface area is 187 Å². The molecular formula is C7H10Na2O14S2. The first-order chi connectivity index (χ1) is 10.2. The summed E-state index contributed by atoms with van der Waals surface area (Å²) in [4.78, 5) is 38.9. The molecule has 14 nitrogen and oxygen atoms in total. The van der Waals surface area contributed by atoms with E-state index in [0.717, 1.165) is 0 Å². The van der Waals surface area contributed by atoms with Gasteiger partial charge in [-0.2, -0.15) is 0 Å². The first-order valence-electron chi connectivity index (χ1n) is 4.65. The predicted octanol–water partition coefficient (Wildman–Crippen LogP) is -9.35. The molecule has 0 saturated carbocycles. The Morgan fingerprint density at radius 1 is 0.880 bits per heavy atom. The Morgan fingerprint density at radius 3 is 1.16 bits per heavy atom. The van der Waals surface area contributed by atoms with Crippen molar-refractivity contribution in [2.24, 2.45) is 0 Å². The average molecular weight is 428 g/mol. The fourth-order valence-corrected chi connectivity index (χ4v) is 0.714. The molecule has 0 heterocycles. The van der Waals surface area contributed by atoms with Gasteiger partial charge in [-0.25, -0.2) is 9.00 Å². The van der Waals surface area contributed by atoms with Crippen LogP contribution < -0.4 is 64.2 Å². The molecule has 6 N–H and O–H groups in total. The summed E-state index contributed by atoms with van der Waals surface area (Å²) >= 11 is 0. The van der Waals surface area contributed by atoms with E-state index in [1.165, 1.54) is 0 Å². The number of aliphatic carboxylic acids is 3. The third kappa shape index (κ3) is 28.9. The van der Waals surface area contributed by atoms with Gasteiger partial charge < -0.3 is 40.0 Å². The fourth-order valence-electron chi connectivity index (χ4n) is 0.714. The SMILES string of the molecule is O=C(O)CC(O)(CC(=O)O)C(=O)O.O=C([O-])O.O=S([O-])S(=O)O.[Na+].[Na+]. The minimum absolute atomic E-state index is 0. The van der Waals surface area contributed by atoms with Crippen molar-refractivity contribution in [2.75, 3.05) is 0 Å². The molecule has 2 unspecified atom stereocenters. The molecule has 0 aromatic heterocycles. The van der Waals surface area contributed by atoms with Crippen LogP contribution in [0, 0.1) is 0 Å². The minimum atomic E-state index is -2.84. The van der Waals surface area contributed by atoms with Gasteiger partial charge in [0.15, 0.2) is 5.60 Å². The van der Waals surface area contributed by atoms with E-state index in [1.54, 1.807) is 0 Å². The second kappa shape index (κ2) is 18.6. The van der Waals surface area contributed by atoms with Crippen LogP contribution in [0.4, 0.5) is 4.79 Å². The zero-order valence-electron chi connectivity index (χ0n) is 12.7. The Morgan fingerprint density at radius 2 is 1.08 bits per heavy atom. The van der Waals surface area contributed by atoms with Crippen LogP contribution in [0.1, 0.15) is 12.8 Å². The van der Waals surface area contributed by atoms with E-state index in [2.05, 4.69) is 0 Å². The standard InChI is InChI=1S/C6H8O7.CH2O3.2Na.H2O4S2/c7-3(8)1-6(13,5(11)12)2-4(9)10;2-1(3)4;;;1-5(2)6(3)4/h13H,1-2H2,(H,7,8)(H,9,10)(H,11,12);(H2,2,3,4);;;(H,1,2)(H,3,4)/q;;2*+1;/p-2. The molecule has 0 saturated heterocycles. The second-order valence-electron chi connectivity index (χ2n) is 3.16. The molecule has 0 aromatic carbocycles. The van der Waals surface area contributed by atoms with Crippen molar-refractivity contribution >= 4 is 44.3 Å². The Kier molecular flexibility index (Phi) is 26.8. The van der Waals surface area contributed by atoms with E-state index in [9.17, 15) is 18.6 Å². The molecule has 2 atom stereocenters. The fraction of sp³-hybridized carbons (Fsp3) is 0.429. The molecule has 0 aliphatic heterocycles. The zero-order valence-corrected chi connectivity index (χ0v) is 18.3. The van der Waals surface area contributed by atoms with E-state index in [4.69, 9.17) is 48.7 Å². The van der Waals surface area contributed by atoms with Gasteiger partial charge in [-0.05, 0) is 0 Å². The maximum absolute atomic E-state index is 10.3. The van der Waals surface area contributed by atoms with Crippen molar-refractivity contribution < 1.29 is 126 Å². The largest absolute Gasteiger partial charge is 1.00 e. The van der Waals surface area contributed by atoms with Gasteiger partial charge in [-0.3, -0.25) is 18.4 Å². The van der Waals surface area contributed by atoms with Crippen molar-refractivity contribution in [2.45, 2.75) is 18.4 Å². The van der Waals surface area contributed by atoms with Gasteiger partial charge in [0.25, 0.3) is 0 Å². The quantitative estimate of drug-likeness (QED) is 0.130. The molecule has 136 valence electrons. The molecule has 0 aromatic rings. The molecule has 25 heavy (non-hydrogen) atoms. The topological polar surface area (TPSA) is 270 Å². The Bertz CT molecular complexity index is 462. The van der Waals surface area contributed by atoms with Gasteiger partial charge in [-0.15, -0.1) is 0 Å². The zero-order chi connectivity index (χ0) is 19.4. The van der Waals surface area contributed by atoms with Crippen molar-refractivity contribution in [3.8, 4) is 0 Å². The third-order valence-electron chi connectivity index (χ3n) is 1.40. The van der Waals surface area contributed by atoms with Crippen molar-refractivity contribution in [3.63, 3.8) is 0 Å². The maximum atomic E-state index is 10.3. The molecule has 0 fully saturated rings. The molecule has 0 rings (SSSR count). The van der Waals surface area contributed by atoms with Gasteiger partial charge in [0.1, 0.15) is 0 Å².